The Labute approximate surface area is 111 Å². The van der Waals surface area contributed by atoms with E-state index in [2.05, 4.69) is 0 Å². The zero-order valence-electron chi connectivity index (χ0n) is 9.52. The zero-order valence-corrected chi connectivity index (χ0v) is 11.3. The van der Waals surface area contributed by atoms with E-state index >= 15 is 0 Å². The summed E-state index contributed by atoms with van der Waals surface area (Å²) >= 11 is 0. The standard InChI is InChI=1S/C7H11NO10P2/c8-5(7(11)12)3(1-19(13,14)15)4(6(9)10)2-20(16,17)18/h1-2,5H,8H2,(H,9,10)(H,11,12)(H2,13,14,15)(H2,16,17,18). The van der Waals surface area contributed by atoms with E-state index in [1.165, 1.54) is 0 Å². The van der Waals surface area contributed by atoms with Gasteiger partial charge in [0.1, 0.15) is 6.04 Å². The van der Waals surface area contributed by atoms with Crippen LogP contribution in [-0.2, 0) is 18.7 Å². The van der Waals surface area contributed by atoms with Gasteiger partial charge in [-0.1, -0.05) is 0 Å². The van der Waals surface area contributed by atoms with Crippen LogP contribution in [0.15, 0.2) is 22.8 Å². The molecule has 0 radical (unpaired) electrons. The van der Waals surface area contributed by atoms with E-state index < -0.39 is 44.3 Å². The third-order valence-corrected chi connectivity index (χ3v) is 2.96. The number of rotatable bonds is 6. The summed E-state index contributed by atoms with van der Waals surface area (Å²) in [5, 5.41) is 17.4. The summed E-state index contributed by atoms with van der Waals surface area (Å²) < 4.78 is 21.6. The van der Waals surface area contributed by atoms with Gasteiger partial charge in [-0.15, -0.1) is 0 Å². The summed E-state index contributed by atoms with van der Waals surface area (Å²) in [4.78, 5) is 56.3. The lowest BCUT2D eigenvalue weighted by Crippen LogP contribution is -2.34. The first kappa shape index (κ1) is 18.7. The van der Waals surface area contributed by atoms with Gasteiger partial charge >= 0.3 is 27.1 Å². The first-order valence-corrected chi connectivity index (χ1v) is 7.89. The molecule has 0 aliphatic heterocycles. The van der Waals surface area contributed by atoms with Gasteiger partial charge in [0.05, 0.1) is 5.57 Å². The summed E-state index contributed by atoms with van der Waals surface area (Å²) in [6.07, 6.45) is 0. The van der Waals surface area contributed by atoms with Crippen LogP contribution in [0.5, 0.6) is 0 Å². The Morgan fingerprint density at radius 1 is 0.950 bits per heavy atom. The topological polar surface area (TPSA) is 216 Å². The van der Waals surface area contributed by atoms with Crippen molar-refractivity contribution in [2.24, 2.45) is 5.73 Å². The average molecular weight is 331 g/mol. The van der Waals surface area contributed by atoms with Crippen LogP contribution in [0.25, 0.3) is 0 Å². The summed E-state index contributed by atoms with van der Waals surface area (Å²) in [6.45, 7) is 0. The molecule has 0 heterocycles. The van der Waals surface area contributed by atoms with Gasteiger partial charge in [0.2, 0.25) is 0 Å². The van der Waals surface area contributed by atoms with Crippen molar-refractivity contribution in [1.29, 1.82) is 0 Å². The highest BCUT2D eigenvalue weighted by Gasteiger charge is 2.30. The second-order valence-corrected chi connectivity index (χ2v) is 6.30. The maximum atomic E-state index is 10.9. The Bertz CT molecular complexity index is 566. The van der Waals surface area contributed by atoms with Gasteiger partial charge < -0.3 is 35.5 Å². The number of carbonyl (C=O) groups is 2. The third kappa shape index (κ3) is 6.73. The van der Waals surface area contributed by atoms with E-state index in [0.717, 1.165) is 0 Å². The summed E-state index contributed by atoms with van der Waals surface area (Å²) in [6, 6.07) is -2.20. The minimum atomic E-state index is -5.05. The Kier molecular flexibility index (Phi) is 6.00. The van der Waals surface area contributed by atoms with Crippen molar-refractivity contribution in [3.63, 3.8) is 0 Å². The Balaban J connectivity index is 6.23. The van der Waals surface area contributed by atoms with Crippen molar-refractivity contribution in [2.75, 3.05) is 0 Å². The normalized spacial score (nSPS) is 15.8. The molecule has 0 aromatic carbocycles. The minimum Gasteiger partial charge on any atom is -0.480 e. The summed E-state index contributed by atoms with van der Waals surface area (Å²) in [5.74, 6) is -4.06. The lowest BCUT2D eigenvalue weighted by Gasteiger charge is -2.14. The molecule has 0 aromatic rings. The van der Waals surface area contributed by atoms with Crippen LogP contribution >= 0.6 is 15.2 Å². The van der Waals surface area contributed by atoms with Crippen LogP contribution in [0, 0.1) is 0 Å². The van der Waals surface area contributed by atoms with Crippen LogP contribution in [0.2, 0.25) is 0 Å². The van der Waals surface area contributed by atoms with E-state index in [0.29, 0.717) is 0 Å². The maximum Gasteiger partial charge on any atom is 0.349 e. The molecule has 0 saturated heterocycles. The van der Waals surface area contributed by atoms with Gasteiger partial charge in [0, 0.05) is 17.2 Å². The van der Waals surface area contributed by atoms with Crippen LogP contribution in [-0.4, -0.2) is 47.8 Å². The van der Waals surface area contributed by atoms with Crippen molar-refractivity contribution in [2.45, 2.75) is 6.04 Å². The van der Waals surface area contributed by atoms with E-state index in [1.54, 1.807) is 0 Å². The highest BCUT2D eigenvalue weighted by Crippen LogP contribution is 2.43. The predicted molar refractivity (Wildman–Crippen MR) is 63.5 cm³/mol. The van der Waals surface area contributed by atoms with Gasteiger partial charge in [-0.25, -0.2) is 4.79 Å². The molecule has 0 aliphatic rings. The lowest BCUT2D eigenvalue weighted by molar-refractivity contribution is -0.137. The average Bonchev–Trinajstić information content (AvgIpc) is 2.18. The predicted octanol–water partition coefficient (Wildman–Crippen LogP) is -1.39. The van der Waals surface area contributed by atoms with Gasteiger partial charge in [-0.05, 0) is 0 Å². The Morgan fingerprint density at radius 3 is 1.60 bits per heavy atom. The van der Waals surface area contributed by atoms with Crippen LogP contribution in [0.4, 0.5) is 0 Å². The summed E-state index contributed by atoms with van der Waals surface area (Å²) in [7, 11) is -10.1. The number of nitrogens with two attached hydrogens (primary N) is 1. The van der Waals surface area contributed by atoms with Crippen molar-refractivity contribution in [1.82, 2.24) is 0 Å². The molecule has 0 spiro atoms. The van der Waals surface area contributed by atoms with E-state index in [9.17, 15) is 18.7 Å². The third-order valence-electron chi connectivity index (χ3n) is 1.75. The number of hydrogen-bond donors (Lipinski definition) is 7. The smallest absolute Gasteiger partial charge is 0.349 e. The molecule has 13 heteroatoms. The van der Waals surface area contributed by atoms with Crippen molar-refractivity contribution < 1.29 is 48.5 Å². The molecule has 0 aliphatic carbocycles. The summed E-state index contributed by atoms with van der Waals surface area (Å²) in [5.41, 5.74) is 2.62. The first-order chi connectivity index (χ1) is 8.74. The van der Waals surface area contributed by atoms with Crippen molar-refractivity contribution in [3.05, 3.63) is 22.8 Å². The van der Waals surface area contributed by atoms with Gasteiger partial charge in [-0.3, -0.25) is 13.9 Å². The van der Waals surface area contributed by atoms with Gasteiger partial charge in [0.15, 0.2) is 0 Å². The molecular formula is C7H11NO10P2. The number of hydrogen-bond acceptors (Lipinski definition) is 5. The fourth-order valence-electron chi connectivity index (χ4n) is 1.05. The molecule has 1 unspecified atom stereocenters. The monoisotopic (exact) mass is 331 g/mol. The van der Waals surface area contributed by atoms with Crippen molar-refractivity contribution >= 4 is 27.1 Å². The fraction of sp³-hybridized carbons (Fsp3) is 0.143. The number of aliphatic carboxylic acids is 2. The van der Waals surface area contributed by atoms with Crippen LogP contribution < -0.4 is 5.73 Å². The molecule has 0 rings (SSSR count). The molecule has 0 fully saturated rings. The first-order valence-electron chi connectivity index (χ1n) is 4.53. The Hall–Kier alpha value is -1.32. The van der Waals surface area contributed by atoms with E-state index in [-0.39, 0.29) is 11.6 Å². The van der Waals surface area contributed by atoms with E-state index in [4.69, 9.17) is 35.5 Å². The largest absolute Gasteiger partial charge is 0.480 e. The van der Waals surface area contributed by atoms with Crippen LogP contribution in [0.1, 0.15) is 0 Å². The van der Waals surface area contributed by atoms with Crippen LogP contribution in [0.3, 0.4) is 0 Å². The van der Waals surface area contributed by atoms with Gasteiger partial charge in [0.25, 0.3) is 0 Å². The number of carboxylic acids is 2. The Morgan fingerprint density at radius 2 is 1.35 bits per heavy atom. The molecule has 0 amide bonds. The second-order valence-electron chi connectivity index (χ2n) is 3.43. The molecule has 0 bridgehead atoms. The highest BCUT2D eigenvalue weighted by molar-refractivity contribution is 7.55. The molecule has 11 nitrogen and oxygen atoms in total. The SMILES string of the molecule is NC(C(=O)O)C(=CP(=O)(O)O)C(=CP(=O)(O)O)C(=O)O. The second kappa shape index (κ2) is 6.42. The highest BCUT2D eigenvalue weighted by atomic mass is 31.2. The molecule has 0 aromatic heterocycles. The molecule has 0 saturated carbocycles. The maximum absolute atomic E-state index is 10.9. The zero-order chi connectivity index (χ0) is 16.3. The lowest BCUT2D eigenvalue weighted by atomic mass is 10.0. The molecule has 114 valence electrons. The molecular weight excluding hydrogens is 320 g/mol. The van der Waals surface area contributed by atoms with Crippen molar-refractivity contribution in [3.8, 4) is 0 Å². The molecule has 8 N–H and O–H groups in total. The molecule has 20 heavy (non-hydrogen) atoms. The molecule has 1 atom stereocenters. The van der Waals surface area contributed by atoms with Gasteiger partial charge in [-0.2, -0.15) is 0 Å². The number of carboxylic acid groups (broad SMARTS) is 2. The minimum absolute atomic E-state index is 0.0681. The van der Waals surface area contributed by atoms with E-state index in [1.807, 2.05) is 0 Å². The quantitative estimate of drug-likeness (QED) is 0.171. The fourth-order valence-corrected chi connectivity index (χ4v) is 2.31.